The summed E-state index contributed by atoms with van der Waals surface area (Å²) in [6.07, 6.45) is 0. The Hall–Kier alpha value is -0.340. The lowest BCUT2D eigenvalue weighted by Crippen LogP contribution is -1.89. The molecule has 1 aromatic rings. The van der Waals surface area contributed by atoms with Gasteiger partial charge in [-0.15, -0.1) is 11.6 Å². The first-order valence-electron chi connectivity index (χ1n) is 2.84. The molecule has 0 N–H and O–H groups in total. The first-order valence-corrected chi connectivity index (χ1v) is 4.69. The van der Waals surface area contributed by atoms with Crippen molar-refractivity contribution in [3.8, 4) is 0 Å². The van der Waals surface area contributed by atoms with Crippen LogP contribution < -0.4 is 0 Å². The van der Waals surface area contributed by atoms with E-state index in [1.165, 1.54) is 0 Å². The second-order valence-corrected chi connectivity index (χ2v) is 3.80. The highest BCUT2D eigenvalue weighted by Crippen LogP contribution is 2.05. The SMILES string of the molecule is O=S(CCl)c1ccccc1. The normalized spacial score (nSPS) is 12.9. The van der Waals surface area contributed by atoms with E-state index in [0.717, 1.165) is 4.90 Å². The second kappa shape index (κ2) is 3.74. The van der Waals surface area contributed by atoms with Crippen molar-refractivity contribution in [2.45, 2.75) is 4.90 Å². The monoisotopic (exact) mass is 174 g/mol. The number of hydrogen-bond donors (Lipinski definition) is 0. The van der Waals surface area contributed by atoms with Gasteiger partial charge < -0.3 is 0 Å². The lowest BCUT2D eigenvalue weighted by atomic mass is 10.4. The average molecular weight is 175 g/mol. The molecule has 0 fully saturated rings. The van der Waals surface area contributed by atoms with E-state index in [4.69, 9.17) is 11.6 Å². The lowest BCUT2D eigenvalue weighted by Gasteiger charge is -1.94. The van der Waals surface area contributed by atoms with Crippen LogP contribution in [0.5, 0.6) is 0 Å². The van der Waals surface area contributed by atoms with Gasteiger partial charge in [-0.25, -0.2) is 0 Å². The van der Waals surface area contributed by atoms with Gasteiger partial charge in [-0.3, -0.25) is 4.21 Å². The van der Waals surface area contributed by atoms with Crippen molar-refractivity contribution < 1.29 is 4.21 Å². The molecular weight excluding hydrogens is 168 g/mol. The van der Waals surface area contributed by atoms with Crippen LogP contribution in [0, 0.1) is 0 Å². The predicted molar refractivity (Wildman–Crippen MR) is 43.6 cm³/mol. The highest BCUT2D eigenvalue weighted by molar-refractivity contribution is 7.86. The summed E-state index contributed by atoms with van der Waals surface area (Å²) in [7, 11) is -1.02. The third-order valence-corrected chi connectivity index (χ3v) is 2.70. The van der Waals surface area contributed by atoms with Crippen LogP contribution in [0.1, 0.15) is 0 Å². The third-order valence-electron chi connectivity index (χ3n) is 1.11. The maximum absolute atomic E-state index is 11.0. The Morgan fingerprint density at radius 2 is 1.90 bits per heavy atom. The number of halogens is 1. The van der Waals surface area contributed by atoms with Crippen molar-refractivity contribution in [3.63, 3.8) is 0 Å². The van der Waals surface area contributed by atoms with Gasteiger partial charge in [0, 0.05) is 4.90 Å². The standard InChI is InChI=1S/C7H7ClOS/c8-6-10(9)7-4-2-1-3-5-7/h1-5H,6H2. The van der Waals surface area contributed by atoms with Crippen molar-refractivity contribution in [2.24, 2.45) is 0 Å². The van der Waals surface area contributed by atoms with Gasteiger partial charge in [0.05, 0.1) is 10.8 Å². The minimum absolute atomic E-state index is 0.171. The molecule has 0 amide bonds. The van der Waals surface area contributed by atoms with Gasteiger partial charge in [-0.1, -0.05) is 18.2 Å². The largest absolute Gasteiger partial charge is 0.253 e. The summed E-state index contributed by atoms with van der Waals surface area (Å²) in [4.78, 5) is 0.789. The van der Waals surface area contributed by atoms with Crippen molar-refractivity contribution in [1.29, 1.82) is 0 Å². The van der Waals surface area contributed by atoms with Gasteiger partial charge in [-0.05, 0) is 12.1 Å². The molecule has 0 aliphatic rings. The number of alkyl halides is 1. The molecule has 1 aromatic carbocycles. The Bertz CT molecular complexity index is 222. The first-order chi connectivity index (χ1) is 4.84. The molecule has 10 heavy (non-hydrogen) atoms. The highest BCUT2D eigenvalue weighted by atomic mass is 35.5. The zero-order valence-corrected chi connectivity index (χ0v) is 6.86. The van der Waals surface area contributed by atoms with Gasteiger partial charge in [0.25, 0.3) is 0 Å². The molecule has 0 aliphatic carbocycles. The molecule has 0 bridgehead atoms. The summed E-state index contributed by atoms with van der Waals surface area (Å²) < 4.78 is 11.0. The molecule has 1 unspecified atom stereocenters. The zero-order valence-electron chi connectivity index (χ0n) is 5.29. The van der Waals surface area contributed by atoms with Crippen molar-refractivity contribution in [3.05, 3.63) is 30.3 Å². The van der Waals surface area contributed by atoms with Crippen molar-refractivity contribution in [2.75, 3.05) is 5.21 Å². The van der Waals surface area contributed by atoms with Crippen LogP contribution in [0.4, 0.5) is 0 Å². The Morgan fingerprint density at radius 1 is 1.30 bits per heavy atom. The minimum Gasteiger partial charge on any atom is -0.253 e. The van der Waals surface area contributed by atoms with Crippen LogP contribution in [0.25, 0.3) is 0 Å². The topological polar surface area (TPSA) is 17.1 Å². The van der Waals surface area contributed by atoms with E-state index in [2.05, 4.69) is 0 Å². The molecule has 54 valence electrons. The lowest BCUT2D eigenvalue weighted by molar-refractivity contribution is 0.686. The molecule has 1 atom stereocenters. The van der Waals surface area contributed by atoms with Gasteiger partial charge in [-0.2, -0.15) is 0 Å². The van der Waals surface area contributed by atoms with Gasteiger partial charge >= 0.3 is 0 Å². The quantitative estimate of drug-likeness (QED) is 0.627. The second-order valence-electron chi connectivity index (χ2n) is 1.77. The van der Waals surface area contributed by atoms with Crippen LogP contribution in [0.2, 0.25) is 0 Å². The summed E-state index contributed by atoms with van der Waals surface area (Å²) >= 11 is 5.39. The fraction of sp³-hybridized carbons (Fsp3) is 0.143. The Morgan fingerprint density at radius 3 is 2.40 bits per heavy atom. The Balaban J connectivity index is 2.85. The van der Waals surface area contributed by atoms with E-state index in [-0.39, 0.29) is 5.21 Å². The smallest absolute Gasteiger partial charge is 0.103 e. The summed E-state index contributed by atoms with van der Waals surface area (Å²) in [6.45, 7) is 0. The molecule has 3 heteroatoms. The molecule has 1 rings (SSSR count). The molecule has 0 saturated carbocycles. The van der Waals surface area contributed by atoms with Crippen LogP contribution in [-0.2, 0) is 10.8 Å². The summed E-state index contributed by atoms with van der Waals surface area (Å²) in [5.74, 6) is 0. The van der Waals surface area contributed by atoms with E-state index in [1.54, 1.807) is 12.1 Å². The average Bonchev–Trinajstić information content (AvgIpc) is 2.05. The third kappa shape index (κ3) is 1.82. The van der Waals surface area contributed by atoms with E-state index in [1.807, 2.05) is 18.2 Å². The zero-order chi connectivity index (χ0) is 7.40. The number of rotatable bonds is 2. The summed E-state index contributed by atoms with van der Waals surface area (Å²) in [6, 6.07) is 9.19. The molecule has 1 nitrogen and oxygen atoms in total. The maximum Gasteiger partial charge on any atom is 0.103 e. The summed E-state index contributed by atoms with van der Waals surface area (Å²) in [5.41, 5.74) is 0. The van der Waals surface area contributed by atoms with Crippen LogP contribution in [0.3, 0.4) is 0 Å². The van der Waals surface area contributed by atoms with Crippen molar-refractivity contribution >= 4 is 22.4 Å². The Kier molecular flexibility index (Phi) is 2.90. The maximum atomic E-state index is 11.0. The highest BCUT2D eigenvalue weighted by Gasteiger charge is 1.97. The predicted octanol–water partition coefficient (Wildman–Crippen LogP) is 1.99. The fourth-order valence-electron chi connectivity index (χ4n) is 0.635. The van der Waals surface area contributed by atoms with Crippen molar-refractivity contribution in [1.82, 2.24) is 0 Å². The first kappa shape index (κ1) is 7.76. The van der Waals surface area contributed by atoms with E-state index < -0.39 is 10.8 Å². The van der Waals surface area contributed by atoms with E-state index >= 15 is 0 Å². The van der Waals surface area contributed by atoms with Crippen LogP contribution >= 0.6 is 11.6 Å². The van der Waals surface area contributed by atoms with Gasteiger partial charge in [0.1, 0.15) is 5.21 Å². The minimum atomic E-state index is -1.02. The molecule has 0 radical (unpaired) electrons. The van der Waals surface area contributed by atoms with Gasteiger partial charge in [0.2, 0.25) is 0 Å². The van der Waals surface area contributed by atoms with E-state index in [9.17, 15) is 4.21 Å². The van der Waals surface area contributed by atoms with Crippen LogP contribution in [0.15, 0.2) is 35.2 Å². The Labute approximate surface area is 67.5 Å². The van der Waals surface area contributed by atoms with E-state index in [0.29, 0.717) is 0 Å². The molecular formula is C7H7ClOS. The molecule has 0 spiro atoms. The van der Waals surface area contributed by atoms with Gasteiger partial charge in [0.15, 0.2) is 0 Å². The number of hydrogen-bond acceptors (Lipinski definition) is 1. The molecule has 0 saturated heterocycles. The molecule has 0 heterocycles. The number of benzene rings is 1. The molecule has 0 aliphatic heterocycles. The molecule has 0 aromatic heterocycles. The summed E-state index contributed by atoms with van der Waals surface area (Å²) in [5, 5.41) is 0.171. The fourth-order valence-corrected chi connectivity index (χ4v) is 1.60. The van der Waals surface area contributed by atoms with Crippen LogP contribution in [-0.4, -0.2) is 9.42 Å².